The zero-order valence-corrected chi connectivity index (χ0v) is 18.0. The monoisotopic (exact) mass is 420 g/mol. The van der Waals surface area contributed by atoms with Crippen molar-refractivity contribution in [3.8, 4) is 11.1 Å². The molecule has 1 aliphatic rings. The summed E-state index contributed by atoms with van der Waals surface area (Å²) in [5.74, 6) is 0.744. The molecule has 0 radical (unpaired) electrons. The average Bonchev–Trinajstić information content (AvgIpc) is 2.76. The molecule has 0 unspecified atom stereocenters. The van der Waals surface area contributed by atoms with Crippen molar-refractivity contribution < 1.29 is 4.79 Å². The summed E-state index contributed by atoms with van der Waals surface area (Å²) in [5.41, 5.74) is 5.08. The van der Waals surface area contributed by atoms with Gasteiger partial charge in [-0.15, -0.1) is 0 Å². The average molecular weight is 421 g/mol. The van der Waals surface area contributed by atoms with Gasteiger partial charge in [-0.05, 0) is 49.9 Å². The van der Waals surface area contributed by atoms with Gasteiger partial charge >= 0.3 is 0 Å². The summed E-state index contributed by atoms with van der Waals surface area (Å²) in [6.45, 7) is 5.54. The first kappa shape index (κ1) is 20.4. The molecule has 2 heterocycles. The molecule has 0 aliphatic carbocycles. The van der Waals surface area contributed by atoms with Crippen LogP contribution < -0.4 is 10.2 Å². The summed E-state index contributed by atoms with van der Waals surface area (Å²) in [6, 6.07) is 13.9. The van der Waals surface area contributed by atoms with Crippen LogP contribution in [0.1, 0.15) is 24.0 Å². The van der Waals surface area contributed by atoms with Gasteiger partial charge in [0.15, 0.2) is 0 Å². The number of nitrogens with zero attached hydrogens (tertiary/aromatic N) is 3. The number of anilines is 2. The van der Waals surface area contributed by atoms with E-state index in [1.54, 1.807) is 6.07 Å². The molecule has 1 fully saturated rings. The van der Waals surface area contributed by atoms with Crippen molar-refractivity contribution in [2.24, 2.45) is 5.92 Å². The summed E-state index contributed by atoms with van der Waals surface area (Å²) in [6.07, 6.45) is 5.29. The smallest absolute Gasteiger partial charge is 0.227 e. The van der Waals surface area contributed by atoms with E-state index in [1.165, 1.54) is 5.56 Å². The number of piperidine rings is 1. The lowest BCUT2D eigenvalue weighted by molar-refractivity contribution is -0.120. The van der Waals surface area contributed by atoms with Crippen molar-refractivity contribution in [1.29, 1.82) is 0 Å². The lowest BCUT2D eigenvalue weighted by Gasteiger charge is -2.31. The Labute approximate surface area is 182 Å². The van der Waals surface area contributed by atoms with Gasteiger partial charge in [0.1, 0.15) is 0 Å². The van der Waals surface area contributed by atoms with Crippen LogP contribution in [0.4, 0.5) is 11.6 Å². The van der Waals surface area contributed by atoms with E-state index in [4.69, 9.17) is 11.6 Å². The first-order chi connectivity index (χ1) is 14.5. The Hall–Kier alpha value is -2.92. The predicted octanol–water partition coefficient (Wildman–Crippen LogP) is 5.27. The van der Waals surface area contributed by atoms with Gasteiger partial charge in [-0.25, -0.2) is 9.97 Å². The third kappa shape index (κ3) is 4.62. The molecule has 154 valence electrons. The highest BCUT2D eigenvalue weighted by Gasteiger charge is 2.26. The van der Waals surface area contributed by atoms with Crippen LogP contribution in [-0.4, -0.2) is 29.0 Å². The number of rotatable bonds is 4. The number of carbonyl (C=O) groups excluding carboxylic acids is 1. The minimum Gasteiger partial charge on any atom is -0.341 e. The molecule has 30 heavy (non-hydrogen) atoms. The molecule has 1 amide bonds. The largest absolute Gasteiger partial charge is 0.341 e. The van der Waals surface area contributed by atoms with Gasteiger partial charge in [0.2, 0.25) is 11.9 Å². The Morgan fingerprint density at radius 1 is 1.03 bits per heavy atom. The summed E-state index contributed by atoms with van der Waals surface area (Å²) in [4.78, 5) is 23.9. The topological polar surface area (TPSA) is 58.1 Å². The Morgan fingerprint density at radius 3 is 2.43 bits per heavy atom. The van der Waals surface area contributed by atoms with E-state index in [2.05, 4.69) is 45.3 Å². The van der Waals surface area contributed by atoms with Gasteiger partial charge in [0.25, 0.3) is 0 Å². The highest BCUT2D eigenvalue weighted by Crippen LogP contribution is 2.25. The Kier molecular flexibility index (Phi) is 6.00. The van der Waals surface area contributed by atoms with Gasteiger partial charge in [-0.2, -0.15) is 0 Å². The van der Waals surface area contributed by atoms with Crippen LogP contribution in [0.15, 0.2) is 54.9 Å². The van der Waals surface area contributed by atoms with E-state index < -0.39 is 0 Å². The van der Waals surface area contributed by atoms with Gasteiger partial charge in [-0.1, -0.05) is 47.5 Å². The second-order valence-electron chi connectivity index (χ2n) is 7.86. The van der Waals surface area contributed by atoms with Crippen LogP contribution in [-0.2, 0) is 4.79 Å². The second kappa shape index (κ2) is 8.84. The van der Waals surface area contributed by atoms with Crippen LogP contribution in [0, 0.1) is 19.8 Å². The van der Waals surface area contributed by atoms with E-state index >= 15 is 0 Å². The quantitative estimate of drug-likeness (QED) is 0.624. The van der Waals surface area contributed by atoms with E-state index in [0.717, 1.165) is 54.3 Å². The molecule has 2 aromatic carbocycles. The maximum atomic E-state index is 12.6. The molecule has 3 aromatic rings. The van der Waals surface area contributed by atoms with Gasteiger partial charge in [0, 0.05) is 47.7 Å². The summed E-state index contributed by atoms with van der Waals surface area (Å²) >= 11 is 6.16. The number of benzene rings is 2. The first-order valence-corrected chi connectivity index (χ1v) is 10.6. The zero-order valence-electron chi connectivity index (χ0n) is 17.2. The lowest BCUT2D eigenvalue weighted by atomic mass is 9.96. The highest BCUT2D eigenvalue weighted by molar-refractivity contribution is 6.31. The minimum atomic E-state index is -0.0205. The fraction of sp³-hybridized carbons (Fsp3) is 0.292. The second-order valence-corrected chi connectivity index (χ2v) is 8.26. The molecule has 0 spiro atoms. The molecule has 5 nitrogen and oxygen atoms in total. The van der Waals surface area contributed by atoms with Crippen LogP contribution in [0.2, 0.25) is 5.02 Å². The molecule has 0 saturated carbocycles. The fourth-order valence-corrected chi connectivity index (χ4v) is 3.90. The predicted molar refractivity (Wildman–Crippen MR) is 122 cm³/mol. The van der Waals surface area contributed by atoms with Crippen LogP contribution in [0.25, 0.3) is 11.1 Å². The van der Waals surface area contributed by atoms with Gasteiger partial charge < -0.3 is 10.2 Å². The molecular formula is C24H25ClN4O. The maximum absolute atomic E-state index is 12.6. The molecule has 1 saturated heterocycles. The van der Waals surface area contributed by atoms with E-state index in [9.17, 15) is 4.79 Å². The molecule has 1 aromatic heterocycles. The van der Waals surface area contributed by atoms with E-state index in [0.29, 0.717) is 5.02 Å². The number of aryl methyl sites for hydroxylation is 2. The molecule has 0 bridgehead atoms. The third-order valence-electron chi connectivity index (χ3n) is 5.58. The molecule has 1 N–H and O–H groups in total. The molecular weight excluding hydrogens is 396 g/mol. The SMILES string of the molecule is Cc1cccc(-c2cnc(N3CCC(C(=O)Nc4ccc(C)c(Cl)c4)CC3)nc2)c1. The van der Waals surface area contributed by atoms with Crippen molar-refractivity contribution in [3.05, 3.63) is 71.0 Å². The molecule has 1 aliphatic heterocycles. The van der Waals surface area contributed by atoms with Crippen LogP contribution in [0.3, 0.4) is 0 Å². The number of amides is 1. The standard InChI is InChI=1S/C24H25ClN4O/c1-16-4-3-5-19(12-16)20-14-26-24(27-15-20)29-10-8-18(9-11-29)23(30)28-21-7-6-17(2)22(25)13-21/h3-7,12-15,18H,8-11H2,1-2H3,(H,28,30). The third-order valence-corrected chi connectivity index (χ3v) is 5.98. The first-order valence-electron chi connectivity index (χ1n) is 10.2. The number of hydrogen-bond acceptors (Lipinski definition) is 4. The number of hydrogen-bond donors (Lipinski definition) is 1. The van der Waals surface area contributed by atoms with Crippen LogP contribution >= 0.6 is 11.6 Å². The minimum absolute atomic E-state index is 0.0205. The van der Waals surface area contributed by atoms with Crippen molar-refractivity contribution >= 4 is 29.1 Å². The Morgan fingerprint density at radius 2 is 1.77 bits per heavy atom. The number of aromatic nitrogens is 2. The van der Waals surface area contributed by atoms with Gasteiger partial charge in [-0.3, -0.25) is 4.79 Å². The number of nitrogens with one attached hydrogen (secondary N) is 1. The Bertz CT molecular complexity index is 1040. The fourth-order valence-electron chi connectivity index (χ4n) is 3.71. The summed E-state index contributed by atoms with van der Waals surface area (Å²) in [7, 11) is 0. The molecule has 0 atom stereocenters. The highest BCUT2D eigenvalue weighted by atomic mass is 35.5. The van der Waals surface area contributed by atoms with E-state index in [1.807, 2.05) is 37.5 Å². The van der Waals surface area contributed by atoms with E-state index in [-0.39, 0.29) is 11.8 Å². The Balaban J connectivity index is 1.34. The maximum Gasteiger partial charge on any atom is 0.227 e. The van der Waals surface area contributed by atoms with Crippen molar-refractivity contribution in [2.45, 2.75) is 26.7 Å². The molecule has 6 heteroatoms. The summed E-state index contributed by atoms with van der Waals surface area (Å²) < 4.78 is 0. The molecule has 4 rings (SSSR count). The van der Waals surface area contributed by atoms with Crippen molar-refractivity contribution in [3.63, 3.8) is 0 Å². The number of carbonyl (C=O) groups is 1. The van der Waals surface area contributed by atoms with Crippen molar-refractivity contribution in [2.75, 3.05) is 23.3 Å². The lowest BCUT2D eigenvalue weighted by Crippen LogP contribution is -2.39. The van der Waals surface area contributed by atoms with Gasteiger partial charge in [0.05, 0.1) is 0 Å². The number of halogens is 1. The normalized spacial score (nSPS) is 14.6. The van der Waals surface area contributed by atoms with Crippen molar-refractivity contribution in [1.82, 2.24) is 9.97 Å². The summed E-state index contributed by atoms with van der Waals surface area (Å²) in [5, 5.41) is 3.65. The van der Waals surface area contributed by atoms with Crippen LogP contribution in [0.5, 0.6) is 0 Å². The zero-order chi connectivity index (χ0) is 21.1.